The molecule has 2 rings (SSSR count). The summed E-state index contributed by atoms with van der Waals surface area (Å²) in [6.45, 7) is 0.582. The molecule has 0 aromatic heterocycles. The number of hydrogen-bond donors (Lipinski definition) is 1. The van der Waals surface area contributed by atoms with E-state index in [-0.39, 0.29) is 5.82 Å². The summed E-state index contributed by atoms with van der Waals surface area (Å²) in [6.07, 6.45) is 0. The summed E-state index contributed by atoms with van der Waals surface area (Å²) in [6, 6.07) is 13.9. The molecule has 0 bridgehead atoms. The molecule has 0 saturated heterocycles. The van der Waals surface area contributed by atoms with E-state index in [0.717, 1.165) is 5.56 Å². The van der Waals surface area contributed by atoms with Gasteiger partial charge in [0, 0.05) is 25.0 Å². The van der Waals surface area contributed by atoms with Gasteiger partial charge >= 0.3 is 0 Å². The third kappa shape index (κ3) is 3.23. The molecule has 0 heterocycles. The van der Waals surface area contributed by atoms with Gasteiger partial charge in [-0.3, -0.25) is 0 Å². The van der Waals surface area contributed by atoms with E-state index < -0.39 is 0 Å². The van der Waals surface area contributed by atoms with E-state index >= 15 is 0 Å². The van der Waals surface area contributed by atoms with Crippen LogP contribution in [0.1, 0.15) is 11.1 Å². The maximum absolute atomic E-state index is 13.3. The molecule has 96 valence electrons. The molecule has 3 nitrogen and oxygen atoms in total. The van der Waals surface area contributed by atoms with Gasteiger partial charge in [0.15, 0.2) is 0 Å². The van der Waals surface area contributed by atoms with E-state index in [1.54, 1.807) is 12.1 Å². The Bertz CT molecular complexity index is 611. The Balaban J connectivity index is 2.20. The van der Waals surface area contributed by atoms with Crippen molar-refractivity contribution < 1.29 is 4.39 Å². The smallest absolute Gasteiger partial charge is 0.127 e. The van der Waals surface area contributed by atoms with Crippen LogP contribution in [0, 0.1) is 17.1 Å². The zero-order valence-electron chi connectivity index (χ0n) is 10.6. The van der Waals surface area contributed by atoms with Crippen molar-refractivity contribution in [2.24, 2.45) is 0 Å². The van der Waals surface area contributed by atoms with E-state index in [4.69, 9.17) is 11.0 Å². The number of hydrogen-bond acceptors (Lipinski definition) is 3. The number of nitriles is 1. The highest BCUT2D eigenvalue weighted by Gasteiger charge is 2.05. The molecule has 0 aliphatic heterocycles. The maximum Gasteiger partial charge on any atom is 0.127 e. The van der Waals surface area contributed by atoms with Gasteiger partial charge in [0.2, 0.25) is 0 Å². The third-order valence-corrected chi connectivity index (χ3v) is 2.82. The first-order valence-corrected chi connectivity index (χ1v) is 5.85. The van der Waals surface area contributed by atoms with Crippen molar-refractivity contribution >= 4 is 11.4 Å². The molecule has 0 spiro atoms. The van der Waals surface area contributed by atoms with Crippen LogP contribution in [0.3, 0.4) is 0 Å². The predicted octanol–water partition coefficient (Wildman–Crippen LogP) is 2.92. The summed E-state index contributed by atoms with van der Waals surface area (Å²) in [5.41, 5.74) is 8.34. The molecule has 2 aromatic carbocycles. The molecule has 0 unspecified atom stereocenters. The highest BCUT2D eigenvalue weighted by Crippen LogP contribution is 2.20. The first-order chi connectivity index (χ1) is 9.08. The van der Waals surface area contributed by atoms with Crippen molar-refractivity contribution in [2.75, 3.05) is 17.7 Å². The van der Waals surface area contributed by atoms with Gasteiger partial charge in [-0.05, 0) is 35.9 Å². The summed E-state index contributed by atoms with van der Waals surface area (Å²) in [7, 11) is 1.85. The van der Waals surface area contributed by atoms with Crippen molar-refractivity contribution in [1.82, 2.24) is 0 Å². The Morgan fingerprint density at radius 1 is 1.26 bits per heavy atom. The molecule has 0 aliphatic carbocycles. The van der Waals surface area contributed by atoms with Gasteiger partial charge in [0.25, 0.3) is 0 Å². The Morgan fingerprint density at radius 3 is 2.74 bits per heavy atom. The highest BCUT2D eigenvalue weighted by molar-refractivity contribution is 5.56. The van der Waals surface area contributed by atoms with Crippen LogP contribution in [0.15, 0.2) is 42.5 Å². The van der Waals surface area contributed by atoms with Gasteiger partial charge in [-0.2, -0.15) is 5.26 Å². The summed E-state index contributed by atoms with van der Waals surface area (Å²) < 4.78 is 13.3. The fraction of sp³-hybridized carbons (Fsp3) is 0.133. The minimum atomic E-state index is -0.354. The molecule has 19 heavy (non-hydrogen) atoms. The fourth-order valence-corrected chi connectivity index (χ4v) is 1.92. The Labute approximate surface area is 111 Å². The van der Waals surface area contributed by atoms with Gasteiger partial charge in [0.05, 0.1) is 11.6 Å². The second kappa shape index (κ2) is 5.40. The lowest BCUT2D eigenvalue weighted by Gasteiger charge is -2.20. The van der Waals surface area contributed by atoms with Crippen molar-refractivity contribution in [3.05, 3.63) is 59.4 Å². The van der Waals surface area contributed by atoms with Gasteiger partial charge in [-0.25, -0.2) is 4.39 Å². The Kier molecular flexibility index (Phi) is 3.67. The molecule has 0 fully saturated rings. The normalized spacial score (nSPS) is 9.95. The minimum absolute atomic E-state index is 0.354. The summed E-state index contributed by atoms with van der Waals surface area (Å²) in [5, 5.41) is 8.86. The zero-order valence-corrected chi connectivity index (χ0v) is 10.6. The van der Waals surface area contributed by atoms with Crippen LogP contribution >= 0.6 is 0 Å². The van der Waals surface area contributed by atoms with Gasteiger partial charge in [-0.15, -0.1) is 0 Å². The number of nitrogens with two attached hydrogens (primary N) is 1. The molecule has 0 radical (unpaired) electrons. The van der Waals surface area contributed by atoms with Crippen LogP contribution < -0.4 is 10.6 Å². The summed E-state index contributed by atoms with van der Waals surface area (Å²) in [4.78, 5) is 1.88. The Morgan fingerprint density at radius 2 is 2.05 bits per heavy atom. The first-order valence-electron chi connectivity index (χ1n) is 5.85. The van der Waals surface area contributed by atoms with E-state index in [0.29, 0.717) is 23.5 Å². The molecule has 0 amide bonds. The molecule has 4 heteroatoms. The number of halogens is 1. The fourth-order valence-electron chi connectivity index (χ4n) is 1.92. The van der Waals surface area contributed by atoms with Crippen LogP contribution in [-0.4, -0.2) is 7.05 Å². The van der Waals surface area contributed by atoms with E-state index in [9.17, 15) is 4.39 Å². The number of rotatable bonds is 3. The van der Waals surface area contributed by atoms with Crippen LogP contribution in [0.25, 0.3) is 0 Å². The molecule has 2 N–H and O–H groups in total. The van der Waals surface area contributed by atoms with E-state index in [1.165, 1.54) is 12.1 Å². The molecule has 0 saturated carbocycles. The van der Waals surface area contributed by atoms with Gasteiger partial charge in [0.1, 0.15) is 5.82 Å². The average molecular weight is 255 g/mol. The lowest BCUT2D eigenvalue weighted by atomic mass is 10.1. The SMILES string of the molecule is CN(Cc1cccc(C#N)c1)c1cc(N)cc(F)c1. The molecular weight excluding hydrogens is 241 g/mol. The molecule has 0 atom stereocenters. The molecular formula is C15H14FN3. The number of nitrogen functional groups attached to an aromatic ring is 1. The maximum atomic E-state index is 13.3. The number of anilines is 2. The van der Waals surface area contributed by atoms with E-state index in [2.05, 4.69) is 6.07 Å². The van der Waals surface area contributed by atoms with Crippen molar-refractivity contribution in [3.63, 3.8) is 0 Å². The summed E-state index contributed by atoms with van der Waals surface area (Å²) >= 11 is 0. The van der Waals surface area contributed by atoms with Gasteiger partial charge < -0.3 is 10.6 Å². The first kappa shape index (κ1) is 12.9. The zero-order chi connectivity index (χ0) is 13.8. The van der Waals surface area contributed by atoms with Crippen LogP contribution in [0.5, 0.6) is 0 Å². The van der Waals surface area contributed by atoms with Crippen molar-refractivity contribution in [1.29, 1.82) is 5.26 Å². The van der Waals surface area contributed by atoms with Crippen molar-refractivity contribution in [3.8, 4) is 6.07 Å². The largest absolute Gasteiger partial charge is 0.399 e. The molecule has 0 aliphatic rings. The lowest BCUT2D eigenvalue weighted by molar-refractivity contribution is 0.628. The predicted molar refractivity (Wildman–Crippen MR) is 74.1 cm³/mol. The van der Waals surface area contributed by atoms with E-state index in [1.807, 2.05) is 30.1 Å². The quantitative estimate of drug-likeness (QED) is 0.858. The van der Waals surface area contributed by atoms with Gasteiger partial charge in [-0.1, -0.05) is 12.1 Å². The molecule has 2 aromatic rings. The summed E-state index contributed by atoms with van der Waals surface area (Å²) in [5.74, 6) is -0.354. The number of benzene rings is 2. The standard InChI is InChI=1S/C15H14FN3/c1-19(15-7-13(16)6-14(18)8-15)10-12-4-2-3-11(5-12)9-17/h2-8H,10,18H2,1H3. The minimum Gasteiger partial charge on any atom is -0.399 e. The second-order valence-electron chi connectivity index (χ2n) is 4.41. The average Bonchev–Trinajstić information content (AvgIpc) is 2.37. The third-order valence-electron chi connectivity index (χ3n) is 2.82. The van der Waals surface area contributed by atoms with Crippen LogP contribution in [0.4, 0.5) is 15.8 Å². The highest BCUT2D eigenvalue weighted by atomic mass is 19.1. The monoisotopic (exact) mass is 255 g/mol. The van der Waals surface area contributed by atoms with Crippen molar-refractivity contribution in [2.45, 2.75) is 6.54 Å². The Hall–Kier alpha value is -2.54. The number of nitrogens with zero attached hydrogens (tertiary/aromatic N) is 2. The second-order valence-corrected chi connectivity index (χ2v) is 4.41. The van der Waals surface area contributed by atoms with Crippen LogP contribution in [0.2, 0.25) is 0 Å². The lowest BCUT2D eigenvalue weighted by Crippen LogP contribution is -2.16. The topological polar surface area (TPSA) is 53.0 Å². The van der Waals surface area contributed by atoms with Crippen LogP contribution in [-0.2, 0) is 6.54 Å².